The molecule has 1 aliphatic carbocycles. The average molecular weight is 251 g/mol. The van der Waals surface area contributed by atoms with Crippen LogP contribution in [0, 0.1) is 5.92 Å². The van der Waals surface area contributed by atoms with Crippen LogP contribution in [-0.4, -0.2) is 18.1 Å². The monoisotopic (exact) mass is 251 g/mol. The van der Waals surface area contributed by atoms with E-state index in [0.717, 1.165) is 12.3 Å². The lowest BCUT2D eigenvalue weighted by Gasteiger charge is -2.27. The molecule has 0 bridgehead atoms. The van der Waals surface area contributed by atoms with Crippen LogP contribution in [0.2, 0.25) is 0 Å². The van der Waals surface area contributed by atoms with E-state index < -0.39 is 0 Å². The zero-order valence-electron chi connectivity index (χ0n) is 10.3. The molecule has 2 nitrogen and oxygen atoms in total. The highest BCUT2D eigenvalue weighted by Gasteiger charge is 2.23. The van der Waals surface area contributed by atoms with E-state index in [9.17, 15) is 0 Å². The standard InChI is InChI=1S/C14H21NOS/c1-2-13(12-4-7-16-14(12)3-1)15-10-11-5-8-17-9-6-11/h4,7,11,13,15H,1-3,5-6,8-10H2. The van der Waals surface area contributed by atoms with E-state index in [2.05, 4.69) is 23.1 Å². The summed E-state index contributed by atoms with van der Waals surface area (Å²) in [6.07, 6.45) is 8.29. The van der Waals surface area contributed by atoms with Gasteiger partial charge in [-0.25, -0.2) is 0 Å². The van der Waals surface area contributed by atoms with Gasteiger partial charge in [0.1, 0.15) is 5.76 Å². The third-order valence-electron chi connectivity index (χ3n) is 4.05. The van der Waals surface area contributed by atoms with Crippen molar-refractivity contribution in [3.05, 3.63) is 23.7 Å². The lowest BCUT2D eigenvalue weighted by Crippen LogP contribution is -2.30. The average Bonchev–Trinajstić information content (AvgIpc) is 2.86. The second-order valence-electron chi connectivity index (χ2n) is 5.21. The molecular weight excluding hydrogens is 230 g/mol. The predicted octanol–water partition coefficient (Wildman–Crippen LogP) is 3.39. The SMILES string of the molecule is c1cc2c(o1)CCCC2NCC1CCSCC1. The van der Waals surface area contributed by atoms with Gasteiger partial charge in [-0.2, -0.15) is 11.8 Å². The van der Waals surface area contributed by atoms with Crippen molar-refractivity contribution in [1.82, 2.24) is 5.32 Å². The molecule has 94 valence electrons. The number of nitrogens with one attached hydrogen (secondary N) is 1. The second kappa shape index (κ2) is 5.49. The molecule has 2 heterocycles. The van der Waals surface area contributed by atoms with Crippen LogP contribution in [0.5, 0.6) is 0 Å². The molecule has 1 aliphatic heterocycles. The molecule has 0 aromatic carbocycles. The van der Waals surface area contributed by atoms with Gasteiger partial charge in [-0.3, -0.25) is 0 Å². The highest BCUT2D eigenvalue weighted by Crippen LogP contribution is 2.31. The Labute approximate surface area is 108 Å². The molecule has 3 rings (SSSR count). The molecule has 3 heteroatoms. The fourth-order valence-corrected chi connectivity index (χ4v) is 4.16. The van der Waals surface area contributed by atoms with Crippen molar-refractivity contribution in [3.8, 4) is 0 Å². The van der Waals surface area contributed by atoms with Crippen LogP contribution in [0.15, 0.2) is 16.7 Å². The molecule has 2 aliphatic rings. The van der Waals surface area contributed by atoms with Gasteiger partial charge in [0.05, 0.1) is 6.26 Å². The maximum absolute atomic E-state index is 5.53. The number of furan rings is 1. The molecule has 1 atom stereocenters. The van der Waals surface area contributed by atoms with E-state index in [1.807, 2.05) is 6.26 Å². The van der Waals surface area contributed by atoms with Crippen LogP contribution in [0.3, 0.4) is 0 Å². The van der Waals surface area contributed by atoms with Crippen molar-refractivity contribution in [2.75, 3.05) is 18.1 Å². The Balaban J connectivity index is 1.56. The van der Waals surface area contributed by atoms with Crippen LogP contribution < -0.4 is 5.32 Å². The van der Waals surface area contributed by atoms with Crippen molar-refractivity contribution < 1.29 is 4.42 Å². The minimum Gasteiger partial charge on any atom is -0.469 e. The van der Waals surface area contributed by atoms with Gasteiger partial charge < -0.3 is 9.73 Å². The number of rotatable bonds is 3. The van der Waals surface area contributed by atoms with E-state index in [-0.39, 0.29) is 0 Å². The van der Waals surface area contributed by atoms with Gasteiger partial charge in [0.2, 0.25) is 0 Å². The summed E-state index contributed by atoms with van der Waals surface area (Å²) in [6, 6.07) is 2.70. The van der Waals surface area contributed by atoms with Crippen LogP contribution in [0.1, 0.15) is 43.0 Å². The Kier molecular flexibility index (Phi) is 3.77. The van der Waals surface area contributed by atoms with Crippen molar-refractivity contribution >= 4 is 11.8 Å². The van der Waals surface area contributed by atoms with Crippen molar-refractivity contribution in [2.45, 2.75) is 38.1 Å². The van der Waals surface area contributed by atoms with Crippen LogP contribution in [0.25, 0.3) is 0 Å². The van der Waals surface area contributed by atoms with Crippen molar-refractivity contribution in [3.63, 3.8) is 0 Å². The molecule has 1 saturated heterocycles. The molecule has 1 N–H and O–H groups in total. The normalized spacial score (nSPS) is 25.8. The second-order valence-corrected chi connectivity index (χ2v) is 6.43. The van der Waals surface area contributed by atoms with E-state index in [4.69, 9.17) is 4.42 Å². The van der Waals surface area contributed by atoms with Gasteiger partial charge in [0.15, 0.2) is 0 Å². The largest absolute Gasteiger partial charge is 0.469 e. The summed E-state index contributed by atoms with van der Waals surface area (Å²) in [4.78, 5) is 0. The van der Waals surface area contributed by atoms with Gasteiger partial charge >= 0.3 is 0 Å². The first kappa shape index (κ1) is 11.7. The Bertz CT molecular complexity index is 357. The summed E-state index contributed by atoms with van der Waals surface area (Å²) in [6.45, 7) is 1.19. The number of aryl methyl sites for hydroxylation is 1. The quantitative estimate of drug-likeness (QED) is 0.891. The zero-order valence-corrected chi connectivity index (χ0v) is 11.1. The third kappa shape index (κ3) is 2.71. The molecule has 0 saturated carbocycles. The van der Waals surface area contributed by atoms with E-state index >= 15 is 0 Å². The zero-order chi connectivity index (χ0) is 11.5. The highest BCUT2D eigenvalue weighted by atomic mass is 32.2. The van der Waals surface area contributed by atoms with Crippen molar-refractivity contribution in [2.24, 2.45) is 5.92 Å². The van der Waals surface area contributed by atoms with E-state index in [0.29, 0.717) is 6.04 Å². The first-order valence-electron chi connectivity index (χ1n) is 6.81. The van der Waals surface area contributed by atoms with Gasteiger partial charge in [0, 0.05) is 18.0 Å². The fraction of sp³-hybridized carbons (Fsp3) is 0.714. The number of thioether (sulfide) groups is 1. The van der Waals surface area contributed by atoms with E-state index in [1.165, 1.54) is 55.1 Å². The Morgan fingerprint density at radius 3 is 3.06 bits per heavy atom. The lowest BCUT2D eigenvalue weighted by molar-refractivity contribution is 0.369. The summed E-state index contributed by atoms with van der Waals surface area (Å²) in [5.41, 5.74) is 1.42. The minimum absolute atomic E-state index is 0.548. The molecular formula is C14H21NOS. The molecule has 1 fully saturated rings. The van der Waals surface area contributed by atoms with Crippen LogP contribution >= 0.6 is 11.8 Å². The van der Waals surface area contributed by atoms with Crippen molar-refractivity contribution in [1.29, 1.82) is 0 Å². The molecule has 1 aromatic rings. The summed E-state index contributed by atoms with van der Waals surface area (Å²) in [5, 5.41) is 3.76. The number of hydrogen-bond acceptors (Lipinski definition) is 3. The molecule has 17 heavy (non-hydrogen) atoms. The minimum atomic E-state index is 0.548. The van der Waals surface area contributed by atoms with E-state index in [1.54, 1.807) is 0 Å². The lowest BCUT2D eigenvalue weighted by atomic mass is 9.92. The van der Waals surface area contributed by atoms with Gasteiger partial charge in [0.25, 0.3) is 0 Å². The molecule has 1 unspecified atom stereocenters. The molecule has 0 spiro atoms. The maximum Gasteiger partial charge on any atom is 0.108 e. The molecule has 1 aromatic heterocycles. The number of fused-ring (bicyclic) bond motifs is 1. The maximum atomic E-state index is 5.53. The molecule has 0 radical (unpaired) electrons. The first-order chi connectivity index (χ1) is 8.43. The van der Waals surface area contributed by atoms with Gasteiger partial charge in [-0.05, 0) is 55.7 Å². The smallest absolute Gasteiger partial charge is 0.108 e. The topological polar surface area (TPSA) is 25.2 Å². The molecule has 0 amide bonds. The highest BCUT2D eigenvalue weighted by molar-refractivity contribution is 7.99. The van der Waals surface area contributed by atoms with Gasteiger partial charge in [-0.1, -0.05) is 0 Å². The van der Waals surface area contributed by atoms with Crippen LogP contribution in [-0.2, 0) is 6.42 Å². The Hall–Kier alpha value is -0.410. The summed E-state index contributed by atoms with van der Waals surface area (Å²) in [5.74, 6) is 4.82. The fourth-order valence-electron chi connectivity index (χ4n) is 2.96. The summed E-state index contributed by atoms with van der Waals surface area (Å²) in [7, 11) is 0. The first-order valence-corrected chi connectivity index (χ1v) is 7.96. The Morgan fingerprint density at radius 2 is 2.18 bits per heavy atom. The number of hydrogen-bond donors (Lipinski definition) is 1. The Morgan fingerprint density at radius 1 is 1.29 bits per heavy atom. The summed E-state index contributed by atoms with van der Waals surface area (Å²) >= 11 is 2.11. The van der Waals surface area contributed by atoms with Crippen LogP contribution in [0.4, 0.5) is 0 Å². The van der Waals surface area contributed by atoms with Gasteiger partial charge in [-0.15, -0.1) is 0 Å². The summed E-state index contributed by atoms with van der Waals surface area (Å²) < 4.78 is 5.53. The third-order valence-corrected chi connectivity index (χ3v) is 5.09. The predicted molar refractivity (Wildman–Crippen MR) is 72.4 cm³/mol.